The molecule has 1 rings (SSSR count). The maximum atomic E-state index is 11.4. The molecule has 0 spiro atoms. The number of benzene rings is 1. The molecule has 0 bridgehead atoms. The summed E-state index contributed by atoms with van der Waals surface area (Å²) in [5.74, 6) is -0.497. The van der Waals surface area contributed by atoms with Gasteiger partial charge in [0, 0.05) is 20.2 Å². The van der Waals surface area contributed by atoms with Crippen molar-refractivity contribution >= 4 is 34.1 Å². The molecule has 0 heterocycles. The van der Waals surface area contributed by atoms with E-state index in [0.717, 1.165) is 0 Å². The van der Waals surface area contributed by atoms with Crippen molar-refractivity contribution in [1.82, 2.24) is 4.90 Å². The molecule has 7 nitrogen and oxygen atoms in total. The van der Waals surface area contributed by atoms with Crippen LogP contribution >= 0.6 is 11.6 Å². The van der Waals surface area contributed by atoms with Gasteiger partial charge in [-0.1, -0.05) is 23.7 Å². The maximum Gasteiger partial charge on any atom is 0.294 e. The smallest absolute Gasteiger partial charge is 0.294 e. The summed E-state index contributed by atoms with van der Waals surface area (Å²) in [5, 5.41) is 14.0. The van der Waals surface area contributed by atoms with Gasteiger partial charge < -0.3 is 4.90 Å². The molecule has 0 aliphatic carbocycles. The Morgan fingerprint density at radius 1 is 1.44 bits per heavy atom. The minimum atomic E-state index is -0.556. The van der Waals surface area contributed by atoms with Crippen molar-refractivity contribution in [2.75, 3.05) is 19.5 Å². The molecule has 18 heavy (non-hydrogen) atoms. The lowest BCUT2D eigenvalue weighted by atomic mass is 10.3. The van der Waals surface area contributed by atoms with Crippen molar-refractivity contribution < 1.29 is 9.72 Å². The van der Waals surface area contributed by atoms with Gasteiger partial charge in [-0.3, -0.25) is 20.3 Å². The van der Waals surface area contributed by atoms with Gasteiger partial charge in [0.1, 0.15) is 5.69 Å². The molecule has 0 unspecified atom stereocenters. The van der Waals surface area contributed by atoms with E-state index < -0.39 is 10.8 Å². The molecule has 0 atom stereocenters. The highest BCUT2D eigenvalue weighted by atomic mass is 35.5. The summed E-state index contributed by atoms with van der Waals surface area (Å²) in [6.45, 7) is 0. The summed E-state index contributed by atoms with van der Waals surface area (Å²) < 4.78 is 0. The van der Waals surface area contributed by atoms with Crippen LogP contribution in [-0.4, -0.2) is 35.0 Å². The van der Waals surface area contributed by atoms with E-state index >= 15 is 0 Å². The van der Waals surface area contributed by atoms with E-state index in [2.05, 4.69) is 10.5 Å². The van der Waals surface area contributed by atoms with Crippen LogP contribution < -0.4 is 5.43 Å². The Labute approximate surface area is 108 Å². The van der Waals surface area contributed by atoms with Gasteiger partial charge in [-0.15, -0.1) is 0 Å². The Morgan fingerprint density at radius 3 is 2.61 bits per heavy atom. The van der Waals surface area contributed by atoms with Crippen LogP contribution in [0.3, 0.4) is 0 Å². The topological polar surface area (TPSA) is 87.8 Å². The van der Waals surface area contributed by atoms with Gasteiger partial charge in [0.2, 0.25) is 5.17 Å². The van der Waals surface area contributed by atoms with E-state index in [1.807, 2.05) is 0 Å². The molecule has 1 aromatic rings. The lowest BCUT2D eigenvalue weighted by Gasteiger charge is -2.08. The Bertz CT molecular complexity index is 502. The Balaban J connectivity index is 2.90. The summed E-state index contributed by atoms with van der Waals surface area (Å²) in [7, 11) is 3.04. The highest BCUT2D eigenvalue weighted by Gasteiger charge is 2.14. The third-order valence-electron chi connectivity index (χ3n) is 1.96. The molecule has 0 saturated carbocycles. The Hall–Kier alpha value is -2.15. The first-order valence-electron chi connectivity index (χ1n) is 4.87. The van der Waals surface area contributed by atoms with Crippen LogP contribution in [0.5, 0.6) is 0 Å². The van der Waals surface area contributed by atoms with E-state index in [1.165, 1.54) is 37.2 Å². The van der Waals surface area contributed by atoms with Crippen LogP contribution in [0.2, 0.25) is 0 Å². The number of hydrazone groups is 1. The number of nitrogens with one attached hydrogen (secondary N) is 1. The van der Waals surface area contributed by atoms with E-state index in [4.69, 9.17) is 11.6 Å². The molecule has 1 amide bonds. The molecule has 0 fully saturated rings. The quantitative estimate of drug-likeness (QED) is 0.512. The number of amides is 1. The van der Waals surface area contributed by atoms with Gasteiger partial charge in [0.05, 0.1) is 4.92 Å². The van der Waals surface area contributed by atoms with Crippen molar-refractivity contribution in [3.63, 3.8) is 0 Å². The van der Waals surface area contributed by atoms with Gasteiger partial charge in [-0.05, 0) is 6.07 Å². The van der Waals surface area contributed by atoms with Crippen LogP contribution in [-0.2, 0) is 4.79 Å². The monoisotopic (exact) mass is 270 g/mol. The Morgan fingerprint density at radius 2 is 2.06 bits per heavy atom. The van der Waals surface area contributed by atoms with E-state index in [0.29, 0.717) is 0 Å². The van der Waals surface area contributed by atoms with Gasteiger partial charge in [0.15, 0.2) is 0 Å². The number of carbonyl (C=O) groups is 1. The van der Waals surface area contributed by atoms with Crippen LogP contribution in [0.1, 0.15) is 0 Å². The molecule has 0 radical (unpaired) electrons. The van der Waals surface area contributed by atoms with Crippen LogP contribution in [0.15, 0.2) is 29.4 Å². The second-order valence-corrected chi connectivity index (χ2v) is 3.85. The van der Waals surface area contributed by atoms with Crippen molar-refractivity contribution in [3.8, 4) is 0 Å². The number of nitro groups is 1. The highest BCUT2D eigenvalue weighted by Crippen LogP contribution is 2.23. The van der Waals surface area contributed by atoms with Crippen molar-refractivity contribution in [2.24, 2.45) is 5.10 Å². The number of carbonyl (C=O) groups excluding carboxylic acids is 1. The molecular weight excluding hydrogens is 260 g/mol. The second-order valence-electron chi connectivity index (χ2n) is 3.49. The normalized spacial score (nSPS) is 10.9. The zero-order chi connectivity index (χ0) is 13.7. The third kappa shape index (κ3) is 3.42. The molecule has 1 N–H and O–H groups in total. The molecule has 8 heteroatoms. The molecule has 0 saturated heterocycles. The Kier molecular flexibility index (Phi) is 4.61. The number of nitro benzene ring substituents is 1. The summed E-state index contributed by atoms with van der Waals surface area (Å²) >= 11 is 5.63. The van der Waals surface area contributed by atoms with Crippen molar-refractivity contribution in [3.05, 3.63) is 34.4 Å². The predicted molar refractivity (Wildman–Crippen MR) is 68.7 cm³/mol. The summed E-state index contributed by atoms with van der Waals surface area (Å²) in [4.78, 5) is 22.8. The molecule has 0 aromatic heterocycles. The molecule has 1 aromatic carbocycles. The first kappa shape index (κ1) is 13.9. The highest BCUT2D eigenvalue weighted by molar-refractivity contribution is 6.82. The first-order valence-corrected chi connectivity index (χ1v) is 5.25. The fourth-order valence-electron chi connectivity index (χ4n) is 1.07. The van der Waals surface area contributed by atoms with Crippen LogP contribution in [0.25, 0.3) is 0 Å². The standard InChI is InChI=1S/C10H11ClN4O3/c1-14(2)10(16)9(11)13-12-7-5-3-4-6-8(7)15(17)18/h3-6,12H,1-2H3/b13-9-. The lowest BCUT2D eigenvalue weighted by molar-refractivity contribution is -0.384. The zero-order valence-electron chi connectivity index (χ0n) is 9.75. The number of para-hydroxylation sites is 2. The molecular formula is C10H11ClN4O3. The third-order valence-corrected chi connectivity index (χ3v) is 2.20. The average Bonchev–Trinajstić information content (AvgIpc) is 2.35. The number of hydrogen-bond acceptors (Lipinski definition) is 5. The SMILES string of the molecule is CN(C)C(=O)/C(Cl)=N/Nc1ccccc1[N+](=O)[O-]. The van der Waals surface area contributed by atoms with Crippen molar-refractivity contribution in [2.45, 2.75) is 0 Å². The number of anilines is 1. The summed E-state index contributed by atoms with van der Waals surface area (Å²) in [5.41, 5.74) is 2.41. The predicted octanol–water partition coefficient (Wildman–Crippen LogP) is 1.65. The van der Waals surface area contributed by atoms with Gasteiger partial charge in [-0.2, -0.15) is 5.10 Å². The van der Waals surface area contributed by atoms with Crippen molar-refractivity contribution in [1.29, 1.82) is 0 Å². The van der Waals surface area contributed by atoms with E-state index in [1.54, 1.807) is 6.07 Å². The van der Waals surface area contributed by atoms with E-state index in [-0.39, 0.29) is 16.5 Å². The summed E-state index contributed by atoms with van der Waals surface area (Å²) in [6.07, 6.45) is 0. The second kappa shape index (κ2) is 5.97. The van der Waals surface area contributed by atoms with Crippen LogP contribution in [0.4, 0.5) is 11.4 Å². The minimum absolute atomic E-state index is 0.150. The lowest BCUT2D eigenvalue weighted by Crippen LogP contribution is -2.27. The fraction of sp³-hybridized carbons (Fsp3) is 0.200. The molecule has 0 aliphatic heterocycles. The first-order chi connectivity index (χ1) is 8.43. The number of rotatable bonds is 4. The molecule has 96 valence electrons. The van der Waals surface area contributed by atoms with Crippen LogP contribution in [0, 0.1) is 10.1 Å². The zero-order valence-corrected chi connectivity index (χ0v) is 10.5. The fourth-order valence-corrected chi connectivity index (χ4v) is 1.28. The number of halogens is 1. The average molecular weight is 271 g/mol. The molecule has 0 aliphatic rings. The number of nitrogens with zero attached hydrogens (tertiary/aromatic N) is 3. The van der Waals surface area contributed by atoms with Gasteiger partial charge in [-0.25, -0.2) is 0 Å². The van der Waals surface area contributed by atoms with E-state index in [9.17, 15) is 14.9 Å². The summed E-state index contributed by atoms with van der Waals surface area (Å²) in [6, 6.07) is 5.91. The number of hydrogen-bond donors (Lipinski definition) is 1. The van der Waals surface area contributed by atoms with Gasteiger partial charge >= 0.3 is 0 Å². The largest absolute Gasteiger partial charge is 0.343 e. The van der Waals surface area contributed by atoms with Gasteiger partial charge in [0.25, 0.3) is 11.6 Å². The maximum absolute atomic E-state index is 11.4. The minimum Gasteiger partial charge on any atom is -0.343 e.